The van der Waals surface area contributed by atoms with Gasteiger partial charge in [0.15, 0.2) is 0 Å². The molecule has 4 heteroatoms. The van der Waals surface area contributed by atoms with Crippen molar-refractivity contribution < 1.29 is 0 Å². The van der Waals surface area contributed by atoms with Crippen LogP contribution in [0.5, 0.6) is 0 Å². The molecule has 17 heavy (non-hydrogen) atoms. The second-order valence-electron chi connectivity index (χ2n) is 4.06. The third kappa shape index (κ3) is 2.65. The zero-order valence-corrected chi connectivity index (χ0v) is 11.0. The Bertz CT molecular complexity index is 518. The standard InChI is InChI=1S/C13H14Cl2N2/c1-9(16)12-6-3-7-17(12)8-10-4-2-5-11(14)13(10)15/h2-7,9H,8,16H2,1H3. The summed E-state index contributed by atoms with van der Waals surface area (Å²) < 4.78 is 2.09. The third-order valence-electron chi connectivity index (χ3n) is 2.70. The fourth-order valence-electron chi connectivity index (χ4n) is 1.84. The highest BCUT2D eigenvalue weighted by Gasteiger charge is 2.09. The molecule has 2 nitrogen and oxygen atoms in total. The quantitative estimate of drug-likeness (QED) is 0.901. The summed E-state index contributed by atoms with van der Waals surface area (Å²) >= 11 is 12.2. The van der Waals surface area contributed by atoms with Crippen molar-refractivity contribution in [2.24, 2.45) is 5.73 Å². The second kappa shape index (κ2) is 5.13. The smallest absolute Gasteiger partial charge is 0.0642 e. The van der Waals surface area contributed by atoms with Crippen LogP contribution in [0, 0.1) is 0 Å². The van der Waals surface area contributed by atoms with Crippen molar-refractivity contribution in [1.82, 2.24) is 4.57 Å². The van der Waals surface area contributed by atoms with Gasteiger partial charge in [0, 0.05) is 24.5 Å². The van der Waals surface area contributed by atoms with Gasteiger partial charge >= 0.3 is 0 Å². The molecule has 90 valence electrons. The summed E-state index contributed by atoms with van der Waals surface area (Å²) in [6, 6.07) is 9.66. The first-order chi connectivity index (χ1) is 8.09. The highest BCUT2D eigenvalue weighted by Crippen LogP contribution is 2.26. The Balaban J connectivity index is 2.32. The summed E-state index contributed by atoms with van der Waals surface area (Å²) in [5, 5.41) is 1.19. The molecule has 1 heterocycles. The van der Waals surface area contributed by atoms with Crippen LogP contribution in [0.3, 0.4) is 0 Å². The van der Waals surface area contributed by atoms with Crippen LogP contribution in [0.15, 0.2) is 36.5 Å². The molecule has 1 unspecified atom stereocenters. The molecule has 0 spiro atoms. The predicted octanol–water partition coefficient (Wildman–Crippen LogP) is 3.86. The van der Waals surface area contributed by atoms with E-state index in [0.717, 1.165) is 11.3 Å². The summed E-state index contributed by atoms with van der Waals surface area (Å²) in [6.45, 7) is 2.65. The van der Waals surface area contributed by atoms with Gasteiger partial charge in [-0.05, 0) is 30.7 Å². The molecule has 2 aromatic rings. The zero-order valence-electron chi connectivity index (χ0n) is 9.53. The van der Waals surface area contributed by atoms with E-state index in [9.17, 15) is 0 Å². The average Bonchev–Trinajstić information content (AvgIpc) is 2.73. The van der Waals surface area contributed by atoms with Crippen LogP contribution in [-0.2, 0) is 6.54 Å². The summed E-state index contributed by atoms with van der Waals surface area (Å²) in [5.74, 6) is 0. The van der Waals surface area contributed by atoms with Crippen molar-refractivity contribution in [2.45, 2.75) is 19.5 Å². The van der Waals surface area contributed by atoms with Crippen LogP contribution in [0.25, 0.3) is 0 Å². The van der Waals surface area contributed by atoms with E-state index < -0.39 is 0 Å². The van der Waals surface area contributed by atoms with E-state index in [4.69, 9.17) is 28.9 Å². The van der Waals surface area contributed by atoms with E-state index in [1.54, 1.807) is 6.07 Å². The number of hydrogen-bond acceptors (Lipinski definition) is 1. The molecule has 0 radical (unpaired) electrons. The van der Waals surface area contributed by atoms with Crippen molar-refractivity contribution in [3.63, 3.8) is 0 Å². The Hall–Kier alpha value is -0.960. The fraction of sp³-hybridized carbons (Fsp3) is 0.231. The Morgan fingerprint density at radius 1 is 1.24 bits per heavy atom. The number of hydrogen-bond donors (Lipinski definition) is 1. The van der Waals surface area contributed by atoms with Gasteiger partial charge in [-0.2, -0.15) is 0 Å². The van der Waals surface area contributed by atoms with Crippen molar-refractivity contribution in [3.05, 3.63) is 57.8 Å². The first-order valence-electron chi connectivity index (χ1n) is 5.43. The summed E-state index contributed by atoms with van der Waals surface area (Å²) in [6.07, 6.45) is 2.00. The van der Waals surface area contributed by atoms with Gasteiger partial charge < -0.3 is 10.3 Å². The van der Waals surface area contributed by atoms with Crippen LogP contribution >= 0.6 is 23.2 Å². The van der Waals surface area contributed by atoms with Gasteiger partial charge in [0.1, 0.15) is 0 Å². The van der Waals surface area contributed by atoms with Crippen molar-refractivity contribution in [1.29, 1.82) is 0 Å². The molecule has 0 saturated heterocycles. The Labute approximate surface area is 111 Å². The van der Waals surface area contributed by atoms with Gasteiger partial charge in [-0.1, -0.05) is 35.3 Å². The van der Waals surface area contributed by atoms with Crippen molar-refractivity contribution in [2.75, 3.05) is 0 Å². The van der Waals surface area contributed by atoms with Crippen LogP contribution in [-0.4, -0.2) is 4.57 Å². The molecule has 0 aliphatic carbocycles. The lowest BCUT2D eigenvalue weighted by Gasteiger charge is -2.13. The van der Waals surface area contributed by atoms with E-state index in [1.165, 1.54) is 0 Å². The molecular weight excluding hydrogens is 255 g/mol. The molecule has 2 N–H and O–H groups in total. The number of nitrogens with two attached hydrogens (primary N) is 1. The second-order valence-corrected chi connectivity index (χ2v) is 4.85. The lowest BCUT2D eigenvalue weighted by Crippen LogP contribution is -2.12. The normalized spacial score (nSPS) is 12.7. The molecule has 1 atom stereocenters. The minimum Gasteiger partial charge on any atom is -0.346 e. The van der Waals surface area contributed by atoms with Gasteiger partial charge in [-0.15, -0.1) is 0 Å². The third-order valence-corrected chi connectivity index (χ3v) is 3.56. The van der Waals surface area contributed by atoms with E-state index in [1.807, 2.05) is 37.4 Å². The Kier molecular flexibility index (Phi) is 3.77. The molecule has 0 aliphatic heterocycles. The predicted molar refractivity (Wildman–Crippen MR) is 72.6 cm³/mol. The zero-order chi connectivity index (χ0) is 12.4. The topological polar surface area (TPSA) is 30.9 Å². The van der Waals surface area contributed by atoms with Gasteiger partial charge in [-0.25, -0.2) is 0 Å². The van der Waals surface area contributed by atoms with Gasteiger partial charge in [0.25, 0.3) is 0 Å². The van der Waals surface area contributed by atoms with Crippen LogP contribution < -0.4 is 5.73 Å². The van der Waals surface area contributed by atoms with Gasteiger partial charge in [0.2, 0.25) is 0 Å². The highest BCUT2D eigenvalue weighted by molar-refractivity contribution is 6.42. The number of rotatable bonds is 3. The molecule has 0 aliphatic rings. The number of benzene rings is 1. The fourth-order valence-corrected chi connectivity index (χ4v) is 2.22. The summed E-state index contributed by atoms with van der Waals surface area (Å²) in [4.78, 5) is 0. The molecule has 0 amide bonds. The maximum Gasteiger partial charge on any atom is 0.0642 e. The lowest BCUT2D eigenvalue weighted by molar-refractivity contribution is 0.675. The highest BCUT2D eigenvalue weighted by atomic mass is 35.5. The minimum absolute atomic E-state index is 0.00274. The molecule has 2 rings (SSSR count). The molecule has 0 saturated carbocycles. The first kappa shape index (κ1) is 12.5. The minimum atomic E-state index is 0.00274. The van der Waals surface area contributed by atoms with Crippen LogP contribution in [0.2, 0.25) is 10.0 Å². The molecule has 1 aromatic carbocycles. The van der Waals surface area contributed by atoms with E-state index in [0.29, 0.717) is 16.6 Å². The monoisotopic (exact) mass is 268 g/mol. The Morgan fingerprint density at radius 2 is 2.00 bits per heavy atom. The maximum atomic E-state index is 6.17. The van der Waals surface area contributed by atoms with Gasteiger partial charge in [0.05, 0.1) is 10.0 Å². The van der Waals surface area contributed by atoms with E-state index in [-0.39, 0.29) is 6.04 Å². The summed E-state index contributed by atoms with van der Waals surface area (Å²) in [7, 11) is 0. The summed E-state index contributed by atoms with van der Waals surface area (Å²) in [5.41, 5.74) is 7.98. The lowest BCUT2D eigenvalue weighted by atomic mass is 10.2. The number of nitrogens with zero attached hydrogens (tertiary/aromatic N) is 1. The molecular formula is C13H14Cl2N2. The van der Waals surface area contributed by atoms with Gasteiger partial charge in [-0.3, -0.25) is 0 Å². The largest absolute Gasteiger partial charge is 0.346 e. The SMILES string of the molecule is CC(N)c1cccn1Cc1cccc(Cl)c1Cl. The average molecular weight is 269 g/mol. The van der Waals surface area contributed by atoms with E-state index in [2.05, 4.69) is 4.57 Å². The Morgan fingerprint density at radius 3 is 2.71 bits per heavy atom. The maximum absolute atomic E-state index is 6.17. The van der Waals surface area contributed by atoms with Crippen LogP contribution in [0.4, 0.5) is 0 Å². The van der Waals surface area contributed by atoms with Crippen molar-refractivity contribution >= 4 is 23.2 Å². The van der Waals surface area contributed by atoms with E-state index >= 15 is 0 Å². The molecule has 0 bridgehead atoms. The molecule has 1 aromatic heterocycles. The number of halogens is 2. The first-order valence-corrected chi connectivity index (χ1v) is 6.18. The van der Waals surface area contributed by atoms with Crippen molar-refractivity contribution in [3.8, 4) is 0 Å². The molecule has 0 fully saturated rings. The number of aromatic nitrogens is 1. The van der Waals surface area contributed by atoms with Crippen LogP contribution in [0.1, 0.15) is 24.2 Å².